The van der Waals surface area contributed by atoms with Crippen LogP contribution < -0.4 is 10.2 Å². The van der Waals surface area contributed by atoms with Crippen LogP contribution in [0.3, 0.4) is 0 Å². The van der Waals surface area contributed by atoms with Gasteiger partial charge in [-0.25, -0.2) is 0 Å². The summed E-state index contributed by atoms with van der Waals surface area (Å²) in [6.07, 6.45) is 1.18. The molecule has 0 aliphatic carbocycles. The van der Waals surface area contributed by atoms with E-state index in [0.717, 1.165) is 31.7 Å². The summed E-state index contributed by atoms with van der Waals surface area (Å²) in [7, 11) is 4.19. The normalized spacial score (nSPS) is 20.9. The fourth-order valence-corrected chi connectivity index (χ4v) is 2.72. The Morgan fingerprint density at radius 3 is 2.68 bits per heavy atom. The Morgan fingerprint density at radius 2 is 2.05 bits per heavy atom. The Hall–Kier alpha value is -1.57. The third kappa shape index (κ3) is 3.46. The molecule has 2 rings (SSSR count). The lowest BCUT2D eigenvalue weighted by Crippen LogP contribution is -2.46. The van der Waals surface area contributed by atoms with E-state index in [4.69, 9.17) is 5.26 Å². The maximum atomic E-state index is 8.87. The van der Waals surface area contributed by atoms with Gasteiger partial charge in [-0.1, -0.05) is 0 Å². The van der Waals surface area contributed by atoms with Crippen LogP contribution in [0.1, 0.15) is 12.0 Å². The number of hydrogen-bond acceptors (Lipinski definition) is 4. The van der Waals surface area contributed by atoms with Gasteiger partial charge in [-0.15, -0.1) is 0 Å². The van der Waals surface area contributed by atoms with Gasteiger partial charge in [0.05, 0.1) is 17.7 Å². The largest absolute Gasteiger partial charge is 0.366 e. The van der Waals surface area contributed by atoms with E-state index >= 15 is 0 Å². The summed E-state index contributed by atoms with van der Waals surface area (Å²) >= 11 is 0. The van der Waals surface area contributed by atoms with Gasteiger partial charge in [-0.3, -0.25) is 0 Å². The highest BCUT2D eigenvalue weighted by Gasteiger charge is 2.22. The second kappa shape index (κ2) is 6.55. The summed E-state index contributed by atoms with van der Waals surface area (Å²) in [5.74, 6) is 0. The Balaban J connectivity index is 2.19. The fourth-order valence-electron chi connectivity index (χ4n) is 2.72. The van der Waals surface area contributed by atoms with Crippen molar-refractivity contribution in [2.75, 3.05) is 45.2 Å². The van der Waals surface area contributed by atoms with Crippen LogP contribution in [0.2, 0.25) is 0 Å². The Bertz CT molecular complexity index is 434. The van der Waals surface area contributed by atoms with E-state index in [9.17, 15) is 0 Å². The highest BCUT2D eigenvalue weighted by molar-refractivity contribution is 5.50. The molecule has 1 heterocycles. The van der Waals surface area contributed by atoms with Crippen molar-refractivity contribution in [2.45, 2.75) is 12.5 Å². The van der Waals surface area contributed by atoms with Crippen molar-refractivity contribution in [1.29, 1.82) is 5.26 Å². The quantitative estimate of drug-likeness (QED) is 0.887. The molecule has 0 bridgehead atoms. The number of likely N-dealkylation sites (N-methyl/N-ethyl adjacent to an activating group) is 2. The van der Waals surface area contributed by atoms with Gasteiger partial charge in [0.25, 0.3) is 0 Å². The lowest BCUT2D eigenvalue weighted by molar-refractivity contribution is 0.328. The zero-order valence-corrected chi connectivity index (χ0v) is 11.8. The zero-order valence-electron chi connectivity index (χ0n) is 11.8. The van der Waals surface area contributed by atoms with Gasteiger partial charge in [-0.05, 0) is 51.3 Å². The van der Waals surface area contributed by atoms with Crippen LogP contribution in [-0.4, -0.2) is 51.2 Å². The summed E-state index contributed by atoms with van der Waals surface area (Å²) < 4.78 is 0. The molecule has 0 saturated carbocycles. The standard InChI is InChI=1S/C15H22N4/c1-17-11-15-12-18(2)8-3-9-19(15)14-6-4-13(10-16)5-7-14/h4-7,15,17H,3,8-9,11-12H2,1-2H3. The zero-order chi connectivity index (χ0) is 13.7. The molecule has 19 heavy (non-hydrogen) atoms. The van der Waals surface area contributed by atoms with Gasteiger partial charge < -0.3 is 15.1 Å². The molecule has 102 valence electrons. The maximum Gasteiger partial charge on any atom is 0.0991 e. The first kappa shape index (κ1) is 13.9. The first-order valence-corrected chi connectivity index (χ1v) is 6.84. The highest BCUT2D eigenvalue weighted by atomic mass is 15.2. The van der Waals surface area contributed by atoms with Crippen LogP contribution in [0.4, 0.5) is 5.69 Å². The number of nitriles is 1. The summed E-state index contributed by atoms with van der Waals surface area (Å²) in [6.45, 7) is 4.26. The smallest absolute Gasteiger partial charge is 0.0991 e. The van der Waals surface area contributed by atoms with Crippen LogP contribution in [0, 0.1) is 11.3 Å². The second-order valence-electron chi connectivity index (χ2n) is 5.18. The van der Waals surface area contributed by atoms with E-state index in [1.807, 2.05) is 19.2 Å². The first-order valence-electron chi connectivity index (χ1n) is 6.84. The van der Waals surface area contributed by atoms with Gasteiger partial charge in [0.15, 0.2) is 0 Å². The van der Waals surface area contributed by atoms with E-state index in [1.54, 1.807) is 0 Å². The van der Waals surface area contributed by atoms with E-state index < -0.39 is 0 Å². The van der Waals surface area contributed by atoms with E-state index in [2.05, 4.69) is 40.4 Å². The third-order valence-electron chi connectivity index (χ3n) is 3.67. The minimum absolute atomic E-state index is 0.477. The topological polar surface area (TPSA) is 42.3 Å². The van der Waals surface area contributed by atoms with Gasteiger partial charge in [0.2, 0.25) is 0 Å². The summed E-state index contributed by atoms with van der Waals surface area (Å²) in [5.41, 5.74) is 1.94. The van der Waals surface area contributed by atoms with Gasteiger partial charge in [-0.2, -0.15) is 5.26 Å². The molecule has 1 aliphatic heterocycles. The van der Waals surface area contributed by atoms with Crippen molar-refractivity contribution >= 4 is 5.69 Å². The van der Waals surface area contributed by atoms with Crippen LogP contribution in [-0.2, 0) is 0 Å². The Labute approximate surface area is 115 Å². The molecule has 0 radical (unpaired) electrons. The molecule has 0 aromatic heterocycles. The van der Waals surface area contributed by atoms with Crippen LogP contribution in [0.25, 0.3) is 0 Å². The molecule has 1 atom stereocenters. The van der Waals surface area contributed by atoms with E-state index in [-0.39, 0.29) is 0 Å². The summed E-state index contributed by atoms with van der Waals surface area (Å²) in [6, 6.07) is 10.6. The SMILES string of the molecule is CNCC1CN(C)CCCN1c1ccc(C#N)cc1. The van der Waals surface area contributed by atoms with Gasteiger partial charge >= 0.3 is 0 Å². The lowest BCUT2D eigenvalue weighted by Gasteiger charge is -2.33. The number of nitrogens with one attached hydrogen (secondary N) is 1. The predicted octanol–water partition coefficient (Wildman–Crippen LogP) is 1.29. The number of rotatable bonds is 3. The molecule has 1 aliphatic rings. The average Bonchev–Trinajstić information content (AvgIpc) is 2.61. The van der Waals surface area contributed by atoms with E-state index in [1.165, 1.54) is 12.1 Å². The molecular weight excluding hydrogens is 236 g/mol. The maximum absolute atomic E-state index is 8.87. The number of anilines is 1. The highest BCUT2D eigenvalue weighted by Crippen LogP contribution is 2.20. The van der Waals surface area contributed by atoms with Crippen molar-refractivity contribution in [3.8, 4) is 6.07 Å². The summed E-state index contributed by atoms with van der Waals surface area (Å²) in [4.78, 5) is 4.85. The monoisotopic (exact) mass is 258 g/mol. The van der Waals surface area contributed by atoms with E-state index in [0.29, 0.717) is 6.04 Å². The molecule has 4 nitrogen and oxygen atoms in total. The van der Waals surface area contributed by atoms with Crippen molar-refractivity contribution in [3.63, 3.8) is 0 Å². The number of benzene rings is 1. The minimum Gasteiger partial charge on any atom is -0.366 e. The molecule has 1 fully saturated rings. The average molecular weight is 258 g/mol. The van der Waals surface area contributed by atoms with Crippen molar-refractivity contribution in [3.05, 3.63) is 29.8 Å². The molecule has 0 spiro atoms. The van der Waals surface area contributed by atoms with Gasteiger partial charge in [0.1, 0.15) is 0 Å². The molecular formula is C15H22N4. The summed E-state index contributed by atoms with van der Waals surface area (Å²) in [5, 5.41) is 12.2. The third-order valence-corrected chi connectivity index (χ3v) is 3.67. The predicted molar refractivity (Wildman–Crippen MR) is 78.3 cm³/mol. The Morgan fingerprint density at radius 1 is 1.32 bits per heavy atom. The number of nitrogens with zero attached hydrogens (tertiary/aromatic N) is 3. The number of hydrogen-bond donors (Lipinski definition) is 1. The van der Waals surface area contributed by atoms with Crippen molar-refractivity contribution < 1.29 is 0 Å². The molecule has 4 heteroatoms. The molecule has 1 saturated heterocycles. The fraction of sp³-hybridized carbons (Fsp3) is 0.533. The van der Waals surface area contributed by atoms with Crippen LogP contribution in [0.5, 0.6) is 0 Å². The van der Waals surface area contributed by atoms with Crippen LogP contribution >= 0.6 is 0 Å². The minimum atomic E-state index is 0.477. The molecule has 0 amide bonds. The molecule has 1 N–H and O–H groups in total. The molecule has 1 aromatic carbocycles. The lowest BCUT2D eigenvalue weighted by atomic mass is 10.1. The van der Waals surface area contributed by atoms with Crippen molar-refractivity contribution in [1.82, 2.24) is 10.2 Å². The molecule has 1 unspecified atom stereocenters. The van der Waals surface area contributed by atoms with Crippen molar-refractivity contribution in [2.24, 2.45) is 0 Å². The second-order valence-corrected chi connectivity index (χ2v) is 5.18. The van der Waals surface area contributed by atoms with Crippen LogP contribution in [0.15, 0.2) is 24.3 Å². The Kier molecular flexibility index (Phi) is 4.78. The molecule has 1 aromatic rings. The first-order chi connectivity index (χ1) is 9.24. The van der Waals surface area contributed by atoms with Gasteiger partial charge in [0, 0.05) is 25.3 Å².